The van der Waals surface area contributed by atoms with E-state index in [-0.39, 0.29) is 23.5 Å². The van der Waals surface area contributed by atoms with Gasteiger partial charge in [-0.25, -0.2) is 0 Å². The van der Waals surface area contributed by atoms with Crippen LogP contribution < -0.4 is 10.7 Å². The molecule has 0 radical (unpaired) electrons. The van der Waals surface area contributed by atoms with Gasteiger partial charge in [0.1, 0.15) is 11.3 Å². The maximum Gasteiger partial charge on any atom is 0.287 e. The van der Waals surface area contributed by atoms with Crippen molar-refractivity contribution < 1.29 is 23.2 Å². The van der Waals surface area contributed by atoms with Gasteiger partial charge in [-0.15, -0.1) is 0 Å². The van der Waals surface area contributed by atoms with Crippen molar-refractivity contribution in [3.05, 3.63) is 94.6 Å². The number of carbonyl (C=O) groups excluding carboxylic acids is 1. The molecule has 0 aliphatic carbocycles. The van der Waals surface area contributed by atoms with Crippen LogP contribution in [0.3, 0.4) is 0 Å². The molecular weight excluding hydrogens is 350 g/mol. The molecular formula is C20H15NO6. The van der Waals surface area contributed by atoms with Gasteiger partial charge in [-0.05, 0) is 30.3 Å². The van der Waals surface area contributed by atoms with Crippen molar-refractivity contribution in [1.82, 2.24) is 5.32 Å². The SMILES string of the molecule is O=C(NCC(O)(c1ccoc1)c1ccco1)c1cc(=O)c2ccccc2o1. The molecule has 0 fully saturated rings. The Labute approximate surface area is 152 Å². The molecule has 3 heterocycles. The smallest absolute Gasteiger partial charge is 0.287 e. The molecule has 1 unspecified atom stereocenters. The number of furan rings is 2. The zero-order chi connectivity index (χ0) is 18.9. The molecule has 7 heteroatoms. The molecule has 1 atom stereocenters. The van der Waals surface area contributed by atoms with Gasteiger partial charge in [-0.1, -0.05) is 12.1 Å². The van der Waals surface area contributed by atoms with E-state index in [0.29, 0.717) is 16.5 Å². The Kier molecular flexibility index (Phi) is 4.13. The highest BCUT2D eigenvalue weighted by atomic mass is 16.4. The van der Waals surface area contributed by atoms with E-state index in [1.165, 1.54) is 18.8 Å². The lowest BCUT2D eigenvalue weighted by Crippen LogP contribution is -2.41. The third-order valence-corrected chi connectivity index (χ3v) is 4.29. The second-order valence-corrected chi connectivity index (χ2v) is 6.00. The number of hydrogen-bond acceptors (Lipinski definition) is 6. The van der Waals surface area contributed by atoms with Crippen molar-refractivity contribution in [2.75, 3.05) is 6.54 Å². The summed E-state index contributed by atoms with van der Waals surface area (Å²) in [5, 5.41) is 14.1. The maximum absolute atomic E-state index is 12.5. The van der Waals surface area contributed by atoms with Gasteiger partial charge in [0.25, 0.3) is 5.91 Å². The highest BCUT2D eigenvalue weighted by Gasteiger charge is 2.36. The van der Waals surface area contributed by atoms with E-state index >= 15 is 0 Å². The number of benzene rings is 1. The molecule has 1 aromatic carbocycles. The highest BCUT2D eigenvalue weighted by Crippen LogP contribution is 2.30. The van der Waals surface area contributed by atoms with Crippen LogP contribution in [0.5, 0.6) is 0 Å². The number of fused-ring (bicyclic) bond motifs is 1. The van der Waals surface area contributed by atoms with Crippen molar-refractivity contribution in [3.8, 4) is 0 Å². The summed E-state index contributed by atoms with van der Waals surface area (Å²) < 4.78 is 15.9. The van der Waals surface area contributed by atoms with Crippen LogP contribution in [0, 0.1) is 0 Å². The minimum atomic E-state index is -1.64. The fraction of sp³-hybridized carbons (Fsp3) is 0.100. The van der Waals surface area contributed by atoms with Gasteiger partial charge in [0.05, 0.1) is 30.7 Å². The number of amides is 1. The molecule has 0 saturated heterocycles. The fourth-order valence-corrected chi connectivity index (χ4v) is 2.86. The largest absolute Gasteiger partial charge is 0.472 e. The van der Waals surface area contributed by atoms with E-state index < -0.39 is 11.5 Å². The number of carbonyl (C=O) groups is 1. The van der Waals surface area contributed by atoms with Gasteiger partial charge in [0.2, 0.25) is 0 Å². The summed E-state index contributed by atoms with van der Waals surface area (Å²) in [5.41, 5.74) is -1.23. The van der Waals surface area contributed by atoms with Gasteiger partial charge in [0, 0.05) is 11.6 Å². The van der Waals surface area contributed by atoms with Gasteiger partial charge >= 0.3 is 0 Å². The van der Waals surface area contributed by atoms with Crippen LogP contribution in [0.15, 0.2) is 85.4 Å². The van der Waals surface area contributed by atoms with Crippen LogP contribution in [0.1, 0.15) is 21.9 Å². The Morgan fingerprint density at radius 2 is 1.96 bits per heavy atom. The lowest BCUT2D eigenvalue weighted by atomic mass is 9.93. The monoisotopic (exact) mass is 365 g/mol. The standard InChI is InChI=1S/C20H15NO6/c22-15-10-17(27-16-5-2-1-4-14(15)16)19(23)21-12-20(24,13-7-9-25-11-13)18-6-3-8-26-18/h1-11,24H,12H2,(H,21,23). The highest BCUT2D eigenvalue weighted by molar-refractivity contribution is 5.93. The lowest BCUT2D eigenvalue weighted by Gasteiger charge is -2.25. The van der Waals surface area contributed by atoms with E-state index in [0.717, 1.165) is 6.07 Å². The molecule has 0 aliphatic rings. The summed E-state index contributed by atoms with van der Waals surface area (Å²) in [6.45, 7) is -0.213. The van der Waals surface area contributed by atoms with Crippen LogP contribution in [0.2, 0.25) is 0 Å². The third kappa shape index (κ3) is 3.04. The van der Waals surface area contributed by atoms with E-state index in [4.69, 9.17) is 13.3 Å². The molecule has 4 aromatic rings. The Hall–Kier alpha value is -3.58. The number of rotatable bonds is 5. The van der Waals surface area contributed by atoms with E-state index in [1.54, 1.807) is 42.5 Å². The van der Waals surface area contributed by atoms with Crippen molar-refractivity contribution >= 4 is 16.9 Å². The van der Waals surface area contributed by atoms with E-state index in [1.807, 2.05) is 0 Å². The van der Waals surface area contributed by atoms with Gasteiger partial charge in [0.15, 0.2) is 16.8 Å². The normalized spacial score (nSPS) is 13.4. The minimum absolute atomic E-state index is 0.146. The first-order valence-electron chi connectivity index (χ1n) is 8.18. The Morgan fingerprint density at radius 1 is 1.11 bits per heavy atom. The summed E-state index contributed by atoms with van der Waals surface area (Å²) in [6, 6.07) is 12.6. The molecule has 136 valence electrons. The summed E-state index contributed by atoms with van der Waals surface area (Å²) in [6.07, 6.45) is 4.20. The van der Waals surface area contributed by atoms with Crippen molar-refractivity contribution in [1.29, 1.82) is 0 Å². The zero-order valence-corrected chi connectivity index (χ0v) is 14.0. The number of aliphatic hydroxyl groups is 1. The molecule has 0 bridgehead atoms. The van der Waals surface area contributed by atoms with Crippen molar-refractivity contribution in [2.45, 2.75) is 5.60 Å². The first-order chi connectivity index (χ1) is 13.1. The van der Waals surface area contributed by atoms with Crippen LogP contribution in [-0.2, 0) is 5.60 Å². The maximum atomic E-state index is 12.5. The fourth-order valence-electron chi connectivity index (χ4n) is 2.86. The topological polar surface area (TPSA) is 106 Å². The summed E-state index contributed by atoms with van der Waals surface area (Å²) in [4.78, 5) is 24.7. The van der Waals surface area contributed by atoms with Crippen LogP contribution >= 0.6 is 0 Å². The number of para-hydroxylation sites is 1. The molecule has 7 nitrogen and oxygen atoms in total. The molecule has 0 aliphatic heterocycles. The second-order valence-electron chi connectivity index (χ2n) is 6.00. The zero-order valence-electron chi connectivity index (χ0n) is 14.0. The van der Waals surface area contributed by atoms with Crippen LogP contribution in [0.25, 0.3) is 11.0 Å². The molecule has 1 amide bonds. The van der Waals surface area contributed by atoms with Crippen molar-refractivity contribution in [3.63, 3.8) is 0 Å². The van der Waals surface area contributed by atoms with Crippen LogP contribution in [-0.4, -0.2) is 17.6 Å². The third-order valence-electron chi connectivity index (χ3n) is 4.29. The average Bonchev–Trinajstić information content (AvgIpc) is 3.40. The predicted octanol–water partition coefficient (Wildman–Crippen LogP) is 2.64. The number of nitrogens with one attached hydrogen (secondary N) is 1. The predicted molar refractivity (Wildman–Crippen MR) is 95.2 cm³/mol. The Balaban J connectivity index is 1.62. The molecule has 4 rings (SSSR count). The lowest BCUT2D eigenvalue weighted by molar-refractivity contribution is 0.0513. The molecule has 0 saturated carbocycles. The average molecular weight is 365 g/mol. The Bertz CT molecular complexity index is 1090. The Morgan fingerprint density at radius 3 is 2.70 bits per heavy atom. The van der Waals surface area contributed by atoms with Gasteiger partial charge in [-0.2, -0.15) is 0 Å². The quantitative estimate of drug-likeness (QED) is 0.563. The molecule has 3 aromatic heterocycles. The first-order valence-corrected chi connectivity index (χ1v) is 8.18. The molecule has 2 N–H and O–H groups in total. The van der Waals surface area contributed by atoms with Crippen molar-refractivity contribution in [2.24, 2.45) is 0 Å². The summed E-state index contributed by atoms with van der Waals surface area (Å²) in [5.74, 6) is -0.539. The summed E-state index contributed by atoms with van der Waals surface area (Å²) >= 11 is 0. The first kappa shape index (κ1) is 16.9. The molecule has 0 spiro atoms. The second kappa shape index (κ2) is 6.62. The van der Waals surface area contributed by atoms with Gasteiger partial charge in [-0.3, -0.25) is 9.59 Å². The molecule has 27 heavy (non-hydrogen) atoms. The van der Waals surface area contributed by atoms with E-state index in [9.17, 15) is 14.7 Å². The van der Waals surface area contributed by atoms with Crippen LogP contribution in [0.4, 0.5) is 0 Å². The van der Waals surface area contributed by atoms with E-state index in [2.05, 4.69) is 5.32 Å². The minimum Gasteiger partial charge on any atom is -0.472 e. The van der Waals surface area contributed by atoms with Gasteiger partial charge < -0.3 is 23.7 Å². The summed E-state index contributed by atoms with van der Waals surface area (Å²) in [7, 11) is 0. The number of hydrogen-bond donors (Lipinski definition) is 2.